The van der Waals surface area contributed by atoms with Gasteiger partial charge in [-0.15, -0.1) is 0 Å². The summed E-state index contributed by atoms with van der Waals surface area (Å²) in [7, 11) is 0.769. The van der Waals surface area contributed by atoms with Crippen molar-refractivity contribution in [3.63, 3.8) is 0 Å². The Balaban J connectivity index is 1.28. The maximum atomic E-state index is 13.1. The van der Waals surface area contributed by atoms with Gasteiger partial charge in [-0.1, -0.05) is 93.6 Å². The molecule has 2 N–H and O–H groups in total. The number of imidazole rings is 1. The topological polar surface area (TPSA) is 139 Å². The summed E-state index contributed by atoms with van der Waals surface area (Å²) in [5, 5.41) is 15.0. The van der Waals surface area contributed by atoms with E-state index in [0.29, 0.717) is 28.2 Å². The molecule has 6 aromatic rings. The van der Waals surface area contributed by atoms with E-state index in [9.17, 15) is 9.90 Å². The van der Waals surface area contributed by atoms with Crippen LogP contribution in [0.2, 0.25) is 18.1 Å². The molecule has 7 rings (SSSR count). The van der Waals surface area contributed by atoms with Crippen molar-refractivity contribution < 1.29 is 33.3 Å². The van der Waals surface area contributed by atoms with Crippen molar-refractivity contribution in [2.75, 3.05) is 26.1 Å². The molecule has 13 heteroatoms. The zero-order chi connectivity index (χ0) is 40.4. The van der Waals surface area contributed by atoms with Gasteiger partial charge in [0.25, 0.3) is 5.91 Å². The highest BCUT2D eigenvalue weighted by atomic mass is 28.4. The van der Waals surface area contributed by atoms with Crippen LogP contribution in [0.5, 0.6) is 11.5 Å². The van der Waals surface area contributed by atoms with Crippen molar-refractivity contribution >= 4 is 31.2 Å². The number of ether oxygens (including phenoxy) is 4. The van der Waals surface area contributed by atoms with Gasteiger partial charge in [0.2, 0.25) is 0 Å². The quantitative estimate of drug-likeness (QED) is 0.0883. The summed E-state index contributed by atoms with van der Waals surface area (Å²) in [4.78, 5) is 26.7. The van der Waals surface area contributed by atoms with E-state index in [1.807, 2.05) is 84.9 Å². The zero-order valence-corrected chi connectivity index (χ0v) is 34.2. The monoisotopic (exact) mass is 787 g/mol. The van der Waals surface area contributed by atoms with Gasteiger partial charge in [-0.05, 0) is 71.2 Å². The van der Waals surface area contributed by atoms with Crippen molar-refractivity contribution in [2.24, 2.45) is 0 Å². The first kappa shape index (κ1) is 39.8. The van der Waals surface area contributed by atoms with Crippen LogP contribution in [-0.2, 0) is 19.5 Å². The molecule has 3 heterocycles. The fourth-order valence-corrected chi connectivity index (χ4v) is 8.19. The second kappa shape index (κ2) is 16.2. The van der Waals surface area contributed by atoms with Gasteiger partial charge in [0.1, 0.15) is 41.7 Å². The lowest BCUT2D eigenvalue weighted by molar-refractivity contribution is -0.0940. The highest BCUT2D eigenvalue weighted by Crippen LogP contribution is 2.45. The molecule has 4 atom stereocenters. The maximum Gasteiger partial charge on any atom is 0.256 e. The fraction of sp³-hybridized carbons (Fsp3) is 0.318. The minimum absolute atomic E-state index is 0.0258. The molecule has 0 radical (unpaired) electrons. The van der Waals surface area contributed by atoms with Crippen molar-refractivity contribution in [1.82, 2.24) is 19.5 Å². The molecular weight excluding hydrogens is 739 g/mol. The van der Waals surface area contributed by atoms with E-state index >= 15 is 0 Å². The lowest BCUT2D eigenvalue weighted by Gasteiger charge is -2.40. The summed E-state index contributed by atoms with van der Waals surface area (Å²) in [5.41, 5.74) is 2.69. The molecule has 12 nitrogen and oxygen atoms in total. The third-order valence-corrected chi connectivity index (χ3v) is 15.6. The van der Waals surface area contributed by atoms with Crippen LogP contribution in [0.15, 0.2) is 122 Å². The Morgan fingerprint density at radius 1 is 0.807 bits per heavy atom. The Morgan fingerprint density at radius 3 is 1.93 bits per heavy atom. The first-order valence-corrected chi connectivity index (χ1v) is 21.8. The van der Waals surface area contributed by atoms with Crippen molar-refractivity contribution in [3.05, 3.63) is 144 Å². The first-order valence-electron chi connectivity index (χ1n) is 18.9. The largest absolute Gasteiger partial charge is 0.497 e. The Bertz CT molecular complexity index is 2230. The van der Waals surface area contributed by atoms with Crippen molar-refractivity contribution in [3.8, 4) is 11.5 Å². The number of carbonyl (C=O) groups is 1. The number of anilines is 1. The first-order chi connectivity index (χ1) is 27.4. The molecule has 1 aliphatic rings. The predicted octanol–water partition coefficient (Wildman–Crippen LogP) is 7.75. The van der Waals surface area contributed by atoms with Gasteiger partial charge in [-0.3, -0.25) is 9.36 Å². The lowest BCUT2D eigenvalue weighted by atomic mass is 9.80. The number of fused-ring (bicyclic) bond motifs is 1. The van der Waals surface area contributed by atoms with Gasteiger partial charge in [-0.2, -0.15) is 0 Å². The molecule has 1 fully saturated rings. The fourth-order valence-electron chi connectivity index (χ4n) is 6.90. The molecule has 2 aromatic heterocycles. The zero-order valence-electron chi connectivity index (χ0n) is 33.2. The molecule has 0 bridgehead atoms. The Hall–Kier alpha value is -5.44. The molecular formula is C44H49N5O7Si. The summed E-state index contributed by atoms with van der Waals surface area (Å²) in [6.07, 6.45) is -0.671. The third-order valence-electron chi connectivity index (χ3n) is 11.1. The lowest BCUT2D eigenvalue weighted by Crippen LogP contribution is -2.49. The summed E-state index contributed by atoms with van der Waals surface area (Å²) in [6, 6.07) is 34.4. The second-order valence-electron chi connectivity index (χ2n) is 15.6. The highest BCUT2D eigenvalue weighted by Gasteiger charge is 2.52. The average molecular weight is 788 g/mol. The molecule has 0 saturated carbocycles. The van der Waals surface area contributed by atoms with Gasteiger partial charge < -0.3 is 33.8 Å². The summed E-state index contributed by atoms with van der Waals surface area (Å²) < 4.78 is 33.8. The van der Waals surface area contributed by atoms with E-state index in [0.717, 1.165) is 16.7 Å². The molecule has 1 aliphatic heterocycles. The Morgan fingerprint density at radius 2 is 1.37 bits per heavy atom. The number of nitrogens with zero attached hydrogens (tertiary/aromatic N) is 4. The van der Waals surface area contributed by atoms with E-state index in [4.69, 9.17) is 23.4 Å². The molecule has 296 valence electrons. The van der Waals surface area contributed by atoms with Crippen LogP contribution in [0.25, 0.3) is 11.2 Å². The van der Waals surface area contributed by atoms with Gasteiger partial charge in [0.05, 0.1) is 27.2 Å². The Kier molecular flexibility index (Phi) is 11.3. The number of hydrogen-bond acceptors (Lipinski definition) is 10. The summed E-state index contributed by atoms with van der Waals surface area (Å²) in [6.45, 7) is 10.7. The molecule has 1 unspecified atom stereocenters. The third kappa shape index (κ3) is 7.81. The van der Waals surface area contributed by atoms with E-state index < -0.39 is 38.5 Å². The minimum atomic E-state index is -2.50. The second-order valence-corrected chi connectivity index (χ2v) is 20.3. The minimum Gasteiger partial charge on any atom is -0.497 e. The van der Waals surface area contributed by atoms with Gasteiger partial charge in [-0.25, -0.2) is 15.0 Å². The molecule has 1 amide bonds. The van der Waals surface area contributed by atoms with Crippen LogP contribution in [0.1, 0.15) is 54.0 Å². The van der Waals surface area contributed by atoms with Crippen LogP contribution in [0.3, 0.4) is 0 Å². The van der Waals surface area contributed by atoms with E-state index in [1.54, 1.807) is 49.4 Å². The number of amides is 1. The molecule has 57 heavy (non-hydrogen) atoms. The normalized spacial score (nSPS) is 18.7. The van der Waals surface area contributed by atoms with Crippen molar-refractivity contribution in [2.45, 2.75) is 69.0 Å². The standard InChI is InChI=1S/C44H49N5O7Si/c1-43(2,3)57(6,7)56-38-37(50)35(55-42(38)49-28-47-36-39(45-27-46-40(36)49)48-41(51)29-14-10-8-11-15-29)26-54-44(30-16-12-9-13-17-30,31-18-22-33(52-4)23-19-31)32-20-24-34(53-5)25-21-32/h8-25,27-28,35,37-38,42,50H,26H2,1-7H3,(H,45,46,48,51)/t35-,37+,38?,42-/m1/s1. The van der Waals surface area contributed by atoms with E-state index in [2.05, 4.69) is 54.1 Å². The van der Waals surface area contributed by atoms with Crippen LogP contribution >= 0.6 is 0 Å². The van der Waals surface area contributed by atoms with Crippen LogP contribution in [0, 0.1) is 0 Å². The highest BCUT2D eigenvalue weighted by molar-refractivity contribution is 6.74. The predicted molar refractivity (Wildman–Crippen MR) is 220 cm³/mol. The summed E-state index contributed by atoms with van der Waals surface area (Å²) in [5.74, 6) is 1.33. The maximum absolute atomic E-state index is 13.1. The van der Waals surface area contributed by atoms with Gasteiger partial charge in [0.15, 0.2) is 31.5 Å². The van der Waals surface area contributed by atoms with Crippen LogP contribution < -0.4 is 14.8 Å². The number of aromatic nitrogens is 4. The number of nitrogens with one attached hydrogen (secondary N) is 1. The number of hydrogen-bond donors (Lipinski definition) is 2. The number of benzene rings is 4. The van der Waals surface area contributed by atoms with Gasteiger partial charge in [0, 0.05) is 5.56 Å². The molecule has 0 aliphatic carbocycles. The molecule has 1 saturated heterocycles. The summed E-state index contributed by atoms with van der Waals surface area (Å²) >= 11 is 0. The van der Waals surface area contributed by atoms with Crippen LogP contribution in [-0.4, -0.2) is 78.0 Å². The molecule has 4 aromatic carbocycles. The number of carbonyl (C=O) groups excluding carboxylic acids is 1. The number of rotatable bonds is 13. The van der Waals surface area contributed by atoms with E-state index in [1.165, 1.54) is 6.33 Å². The Labute approximate surface area is 333 Å². The average Bonchev–Trinajstić information content (AvgIpc) is 3.79. The van der Waals surface area contributed by atoms with E-state index in [-0.39, 0.29) is 23.4 Å². The SMILES string of the molecule is COc1ccc(C(OC[C@H]2O[C@@H](n3cnc4c(NC(=O)c5ccccc5)ncnc43)C(O[Si](C)(C)C(C)(C)C)[C@H]2O)(c2ccccc2)c2ccc(OC)cc2)cc1. The van der Waals surface area contributed by atoms with Gasteiger partial charge >= 0.3 is 0 Å². The van der Waals surface area contributed by atoms with Crippen LogP contribution in [0.4, 0.5) is 5.82 Å². The number of aliphatic hydroxyl groups excluding tert-OH is 1. The number of aliphatic hydroxyl groups is 1. The smallest absolute Gasteiger partial charge is 0.256 e. The van der Waals surface area contributed by atoms with Crippen molar-refractivity contribution in [1.29, 1.82) is 0 Å². The number of methoxy groups -OCH3 is 2. The molecule has 0 spiro atoms.